The normalized spacial score (nSPS) is 18.3. The van der Waals surface area contributed by atoms with Gasteiger partial charge in [0, 0.05) is 23.5 Å². The van der Waals surface area contributed by atoms with E-state index in [4.69, 9.17) is 0 Å². The molecule has 1 aromatic heterocycles. The molecule has 1 atom stereocenters. The number of amides is 1. The van der Waals surface area contributed by atoms with Crippen LogP contribution in [0.5, 0.6) is 0 Å². The van der Waals surface area contributed by atoms with Crippen molar-refractivity contribution in [2.24, 2.45) is 0 Å². The van der Waals surface area contributed by atoms with Crippen molar-refractivity contribution < 1.29 is 17.6 Å². The minimum atomic E-state index is -2.99. The SMILES string of the molecule is Cc1ccc(NC(=O)CN(C)Cc2c(C)nn([C@@H]3CCS(=O)(=O)C3)c2C)cc1F. The van der Waals surface area contributed by atoms with Gasteiger partial charge in [-0.2, -0.15) is 5.10 Å². The number of benzene rings is 1. The Morgan fingerprint density at radius 2 is 2.07 bits per heavy atom. The number of nitrogens with one attached hydrogen (secondary N) is 1. The molecule has 1 aliphatic rings. The average Bonchev–Trinajstić information content (AvgIpc) is 3.11. The molecule has 1 saturated heterocycles. The third-order valence-corrected chi connectivity index (χ3v) is 7.08. The molecule has 1 amide bonds. The fourth-order valence-corrected chi connectivity index (χ4v) is 5.38. The van der Waals surface area contributed by atoms with E-state index in [1.165, 1.54) is 6.07 Å². The van der Waals surface area contributed by atoms with Crippen LogP contribution < -0.4 is 5.32 Å². The maximum Gasteiger partial charge on any atom is 0.238 e. The Hall–Kier alpha value is -2.26. The van der Waals surface area contributed by atoms with E-state index in [0.717, 1.165) is 17.0 Å². The van der Waals surface area contributed by atoms with Crippen LogP contribution >= 0.6 is 0 Å². The van der Waals surface area contributed by atoms with Crippen LogP contribution in [0.1, 0.15) is 35.0 Å². The third kappa shape index (κ3) is 5.02. The van der Waals surface area contributed by atoms with Crippen LogP contribution in [0.3, 0.4) is 0 Å². The van der Waals surface area contributed by atoms with E-state index in [1.54, 1.807) is 19.1 Å². The molecular formula is C20H27FN4O3S. The molecule has 1 aliphatic heterocycles. The van der Waals surface area contributed by atoms with Gasteiger partial charge in [-0.05, 0) is 51.9 Å². The lowest BCUT2D eigenvalue weighted by Gasteiger charge is -2.17. The predicted molar refractivity (Wildman–Crippen MR) is 110 cm³/mol. The number of hydrogen-bond donors (Lipinski definition) is 1. The van der Waals surface area contributed by atoms with Gasteiger partial charge in [0.1, 0.15) is 5.82 Å². The van der Waals surface area contributed by atoms with Crippen molar-refractivity contribution in [2.75, 3.05) is 30.4 Å². The number of sulfone groups is 1. The molecule has 29 heavy (non-hydrogen) atoms. The number of anilines is 1. The summed E-state index contributed by atoms with van der Waals surface area (Å²) < 4.78 is 39.0. The van der Waals surface area contributed by atoms with Crippen LogP contribution in [0.15, 0.2) is 18.2 Å². The summed E-state index contributed by atoms with van der Waals surface area (Å²) in [6, 6.07) is 4.47. The number of carbonyl (C=O) groups is 1. The summed E-state index contributed by atoms with van der Waals surface area (Å²) in [6.07, 6.45) is 0.578. The molecule has 2 heterocycles. The molecule has 0 spiro atoms. The van der Waals surface area contributed by atoms with Gasteiger partial charge in [-0.25, -0.2) is 12.8 Å². The van der Waals surface area contributed by atoms with E-state index in [2.05, 4.69) is 10.4 Å². The third-order valence-electron chi connectivity index (χ3n) is 5.33. The van der Waals surface area contributed by atoms with Crippen molar-refractivity contribution >= 4 is 21.4 Å². The monoisotopic (exact) mass is 422 g/mol. The molecule has 0 saturated carbocycles. The Morgan fingerprint density at radius 3 is 2.69 bits per heavy atom. The molecule has 0 radical (unpaired) electrons. The van der Waals surface area contributed by atoms with E-state index in [1.807, 2.05) is 30.5 Å². The van der Waals surface area contributed by atoms with Gasteiger partial charge in [-0.3, -0.25) is 14.4 Å². The highest BCUT2D eigenvalue weighted by Gasteiger charge is 2.31. The van der Waals surface area contributed by atoms with E-state index in [0.29, 0.717) is 24.2 Å². The predicted octanol–water partition coefficient (Wildman–Crippen LogP) is 2.38. The van der Waals surface area contributed by atoms with Crippen molar-refractivity contribution in [3.8, 4) is 0 Å². The van der Waals surface area contributed by atoms with Crippen molar-refractivity contribution in [1.29, 1.82) is 0 Å². The molecule has 3 rings (SSSR count). The highest BCUT2D eigenvalue weighted by molar-refractivity contribution is 7.91. The Balaban J connectivity index is 1.63. The van der Waals surface area contributed by atoms with Crippen molar-refractivity contribution in [2.45, 2.75) is 39.8 Å². The second-order valence-corrected chi connectivity index (χ2v) is 10.1. The fraction of sp³-hybridized carbons (Fsp3) is 0.500. The summed E-state index contributed by atoms with van der Waals surface area (Å²) in [4.78, 5) is 14.2. The molecule has 1 aromatic carbocycles. The average molecular weight is 423 g/mol. The van der Waals surface area contributed by atoms with Crippen LogP contribution in [-0.2, 0) is 21.2 Å². The Kier molecular flexibility index (Phi) is 6.09. The number of nitrogens with zero attached hydrogens (tertiary/aromatic N) is 3. The number of halogens is 1. The van der Waals surface area contributed by atoms with Gasteiger partial charge in [-0.15, -0.1) is 0 Å². The van der Waals surface area contributed by atoms with Gasteiger partial charge in [0.05, 0.1) is 29.8 Å². The van der Waals surface area contributed by atoms with Crippen LogP contribution in [0.25, 0.3) is 0 Å². The number of rotatable bonds is 6. The first kappa shape index (κ1) is 21.4. The van der Waals surface area contributed by atoms with E-state index in [9.17, 15) is 17.6 Å². The van der Waals surface area contributed by atoms with Gasteiger partial charge in [0.25, 0.3) is 0 Å². The minimum Gasteiger partial charge on any atom is -0.325 e. The van der Waals surface area contributed by atoms with Gasteiger partial charge < -0.3 is 5.32 Å². The fourth-order valence-electron chi connectivity index (χ4n) is 3.69. The summed E-state index contributed by atoms with van der Waals surface area (Å²) in [5.41, 5.74) is 3.70. The topological polar surface area (TPSA) is 84.3 Å². The highest BCUT2D eigenvalue weighted by atomic mass is 32.2. The molecule has 1 N–H and O–H groups in total. The zero-order chi connectivity index (χ0) is 21.3. The number of carbonyl (C=O) groups excluding carboxylic acids is 1. The zero-order valence-electron chi connectivity index (χ0n) is 17.2. The molecular weight excluding hydrogens is 395 g/mol. The first-order chi connectivity index (χ1) is 13.6. The summed E-state index contributed by atoms with van der Waals surface area (Å²) >= 11 is 0. The summed E-state index contributed by atoms with van der Waals surface area (Å²) in [5.74, 6) is -0.269. The molecule has 7 nitrogen and oxygen atoms in total. The van der Waals surface area contributed by atoms with Crippen LogP contribution in [0.4, 0.5) is 10.1 Å². The molecule has 1 fully saturated rings. The maximum atomic E-state index is 13.6. The summed E-state index contributed by atoms with van der Waals surface area (Å²) in [7, 11) is -1.16. The molecule has 2 aromatic rings. The van der Waals surface area contributed by atoms with Gasteiger partial charge in [-0.1, -0.05) is 6.07 Å². The van der Waals surface area contributed by atoms with Gasteiger partial charge in [0.2, 0.25) is 5.91 Å². The summed E-state index contributed by atoms with van der Waals surface area (Å²) in [6.45, 7) is 6.14. The first-order valence-electron chi connectivity index (χ1n) is 9.55. The standard InChI is InChI=1S/C20H27FN4O3S/c1-13-5-6-16(9-19(13)21)22-20(26)11-24(4)10-18-14(2)23-25(15(18)3)17-7-8-29(27,28)12-17/h5-6,9,17H,7-8,10-12H2,1-4H3,(H,22,26)/t17-/m1/s1. The van der Waals surface area contributed by atoms with Gasteiger partial charge in [0.15, 0.2) is 9.84 Å². The summed E-state index contributed by atoms with van der Waals surface area (Å²) in [5, 5.41) is 7.27. The lowest BCUT2D eigenvalue weighted by Crippen LogP contribution is -2.30. The Morgan fingerprint density at radius 1 is 1.34 bits per heavy atom. The molecule has 0 unspecified atom stereocenters. The second kappa shape index (κ2) is 8.23. The number of aryl methyl sites for hydroxylation is 2. The first-order valence-corrected chi connectivity index (χ1v) is 11.4. The second-order valence-electron chi connectivity index (χ2n) is 7.84. The number of likely N-dealkylation sites (N-methyl/N-ethyl adjacent to an activating group) is 1. The number of aromatic nitrogens is 2. The van der Waals surface area contributed by atoms with Crippen molar-refractivity contribution in [3.63, 3.8) is 0 Å². The number of hydrogen-bond acceptors (Lipinski definition) is 5. The molecule has 0 bridgehead atoms. The molecule has 158 valence electrons. The van der Waals surface area contributed by atoms with E-state index >= 15 is 0 Å². The largest absolute Gasteiger partial charge is 0.325 e. The highest BCUT2D eigenvalue weighted by Crippen LogP contribution is 2.27. The molecule has 9 heteroatoms. The zero-order valence-corrected chi connectivity index (χ0v) is 18.0. The van der Waals surface area contributed by atoms with E-state index < -0.39 is 9.84 Å². The minimum absolute atomic E-state index is 0.125. The van der Waals surface area contributed by atoms with Crippen molar-refractivity contribution in [1.82, 2.24) is 14.7 Å². The Bertz CT molecular complexity index is 1030. The lowest BCUT2D eigenvalue weighted by atomic mass is 10.1. The van der Waals surface area contributed by atoms with Crippen molar-refractivity contribution in [3.05, 3.63) is 46.5 Å². The van der Waals surface area contributed by atoms with Crippen LogP contribution in [-0.4, -0.2) is 54.1 Å². The smallest absolute Gasteiger partial charge is 0.238 e. The molecule has 0 aliphatic carbocycles. The maximum absolute atomic E-state index is 13.6. The van der Waals surface area contributed by atoms with Gasteiger partial charge >= 0.3 is 0 Å². The Labute approximate surface area is 170 Å². The van der Waals surface area contributed by atoms with Crippen LogP contribution in [0, 0.1) is 26.6 Å². The van der Waals surface area contributed by atoms with E-state index in [-0.39, 0.29) is 35.8 Å². The quantitative estimate of drug-likeness (QED) is 0.773. The lowest BCUT2D eigenvalue weighted by molar-refractivity contribution is -0.117. The van der Waals surface area contributed by atoms with Crippen LogP contribution in [0.2, 0.25) is 0 Å².